The predicted octanol–water partition coefficient (Wildman–Crippen LogP) is 3.13. The Balaban J connectivity index is 1.94. The number of ether oxygens (including phenoxy) is 2. The Labute approximate surface area is 98.4 Å². The Morgan fingerprint density at radius 2 is 2.13 bits per heavy atom. The number of hydrogen-bond acceptors (Lipinski definition) is 4. The number of aromatic nitrogens is 1. The van der Waals surface area contributed by atoms with Crippen molar-refractivity contribution in [1.82, 2.24) is 4.98 Å². The molecule has 1 fully saturated rings. The fraction of sp³-hybridized carbons (Fsp3) is 0.700. The standard InChI is InChI=1S/C10H14ClNO2S/c1-6-3-8(4-7(2)13-6)14-10-12-9(11)5-15-10/h5-8H,3-4H2,1-2H3. The van der Waals surface area contributed by atoms with Crippen molar-refractivity contribution in [2.75, 3.05) is 0 Å². The van der Waals surface area contributed by atoms with Crippen molar-refractivity contribution in [3.05, 3.63) is 10.5 Å². The Bertz CT molecular complexity index is 321. The molecular formula is C10H14ClNO2S. The largest absolute Gasteiger partial charge is 0.466 e. The Kier molecular flexibility index (Phi) is 3.49. The van der Waals surface area contributed by atoms with Crippen LogP contribution in [0.5, 0.6) is 5.19 Å². The van der Waals surface area contributed by atoms with E-state index in [0.717, 1.165) is 12.8 Å². The fourth-order valence-electron chi connectivity index (χ4n) is 1.88. The molecule has 1 saturated heterocycles. The molecule has 1 aliphatic rings. The zero-order chi connectivity index (χ0) is 10.8. The van der Waals surface area contributed by atoms with E-state index >= 15 is 0 Å². The van der Waals surface area contributed by atoms with Crippen LogP contribution in [0.4, 0.5) is 0 Å². The minimum Gasteiger partial charge on any atom is -0.466 e. The van der Waals surface area contributed by atoms with Crippen LogP contribution in [-0.4, -0.2) is 23.3 Å². The summed E-state index contributed by atoms with van der Waals surface area (Å²) in [6, 6.07) is 0. The minimum absolute atomic E-state index is 0.200. The minimum atomic E-state index is 0.200. The molecule has 0 N–H and O–H groups in total. The molecule has 0 radical (unpaired) electrons. The van der Waals surface area contributed by atoms with Gasteiger partial charge in [-0.05, 0) is 13.8 Å². The van der Waals surface area contributed by atoms with E-state index in [1.54, 1.807) is 5.38 Å². The Hall–Kier alpha value is -0.320. The van der Waals surface area contributed by atoms with Crippen molar-refractivity contribution in [2.24, 2.45) is 0 Å². The van der Waals surface area contributed by atoms with Crippen molar-refractivity contribution in [3.8, 4) is 5.19 Å². The van der Waals surface area contributed by atoms with Crippen molar-refractivity contribution in [3.63, 3.8) is 0 Å². The van der Waals surface area contributed by atoms with Gasteiger partial charge in [0, 0.05) is 18.2 Å². The van der Waals surface area contributed by atoms with Gasteiger partial charge in [0.05, 0.1) is 12.2 Å². The molecule has 0 amide bonds. The molecule has 2 heterocycles. The number of hydrogen-bond donors (Lipinski definition) is 0. The molecule has 0 bridgehead atoms. The van der Waals surface area contributed by atoms with Crippen LogP contribution in [0.25, 0.3) is 0 Å². The Morgan fingerprint density at radius 1 is 1.47 bits per heavy atom. The molecule has 2 atom stereocenters. The van der Waals surface area contributed by atoms with Crippen molar-refractivity contribution in [2.45, 2.75) is 45.0 Å². The van der Waals surface area contributed by atoms with Crippen LogP contribution in [0.2, 0.25) is 5.15 Å². The quantitative estimate of drug-likeness (QED) is 0.805. The highest BCUT2D eigenvalue weighted by Crippen LogP contribution is 2.27. The first-order chi connectivity index (χ1) is 7.13. The van der Waals surface area contributed by atoms with Gasteiger partial charge in [-0.25, -0.2) is 0 Å². The maximum Gasteiger partial charge on any atom is 0.274 e. The predicted molar refractivity (Wildman–Crippen MR) is 60.8 cm³/mol. The average molecular weight is 248 g/mol. The third-order valence-corrected chi connectivity index (χ3v) is 3.43. The molecule has 2 unspecified atom stereocenters. The van der Waals surface area contributed by atoms with Gasteiger partial charge in [0.25, 0.3) is 5.19 Å². The summed E-state index contributed by atoms with van der Waals surface area (Å²) in [7, 11) is 0. The molecule has 1 aromatic heterocycles. The van der Waals surface area contributed by atoms with Crippen LogP contribution in [0.3, 0.4) is 0 Å². The van der Waals surface area contributed by atoms with Gasteiger partial charge in [0.2, 0.25) is 0 Å². The van der Waals surface area contributed by atoms with E-state index in [1.807, 2.05) is 0 Å². The summed E-state index contributed by atoms with van der Waals surface area (Å²) in [5.74, 6) is 0. The molecule has 84 valence electrons. The highest BCUT2D eigenvalue weighted by Gasteiger charge is 2.26. The van der Waals surface area contributed by atoms with E-state index < -0.39 is 0 Å². The molecule has 5 heteroatoms. The third kappa shape index (κ3) is 3.06. The van der Waals surface area contributed by atoms with Gasteiger partial charge in [-0.15, -0.1) is 0 Å². The number of nitrogens with zero attached hydrogens (tertiary/aromatic N) is 1. The van der Waals surface area contributed by atoms with E-state index in [0.29, 0.717) is 10.3 Å². The molecule has 2 rings (SSSR count). The smallest absolute Gasteiger partial charge is 0.274 e. The highest BCUT2D eigenvalue weighted by atomic mass is 35.5. The van der Waals surface area contributed by atoms with Crippen LogP contribution in [-0.2, 0) is 4.74 Å². The molecule has 0 spiro atoms. The van der Waals surface area contributed by atoms with Crippen LogP contribution < -0.4 is 4.74 Å². The lowest BCUT2D eigenvalue weighted by atomic mass is 10.0. The van der Waals surface area contributed by atoms with Gasteiger partial charge in [-0.1, -0.05) is 22.9 Å². The SMILES string of the molecule is CC1CC(Oc2nc(Cl)cs2)CC(C)O1. The second kappa shape index (κ2) is 4.68. The first-order valence-electron chi connectivity index (χ1n) is 5.06. The zero-order valence-electron chi connectivity index (χ0n) is 8.77. The maximum atomic E-state index is 5.76. The maximum absolute atomic E-state index is 5.76. The molecule has 3 nitrogen and oxygen atoms in total. The van der Waals surface area contributed by atoms with Crippen LogP contribution in [0.15, 0.2) is 5.38 Å². The van der Waals surface area contributed by atoms with Gasteiger partial charge >= 0.3 is 0 Å². The summed E-state index contributed by atoms with van der Waals surface area (Å²) < 4.78 is 11.4. The lowest BCUT2D eigenvalue weighted by molar-refractivity contribution is -0.0721. The summed E-state index contributed by atoms with van der Waals surface area (Å²) in [6.45, 7) is 4.14. The fourth-order valence-corrected chi connectivity index (χ4v) is 2.73. The molecule has 0 aliphatic carbocycles. The van der Waals surface area contributed by atoms with Gasteiger partial charge < -0.3 is 9.47 Å². The van der Waals surface area contributed by atoms with Crippen molar-refractivity contribution < 1.29 is 9.47 Å². The molecule has 15 heavy (non-hydrogen) atoms. The summed E-state index contributed by atoms with van der Waals surface area (Å²) in [6.07, 6.45) is 2.55. The van der Waals surface area contributed by atoms with Gasteiger partial charge in [0.15, 0.2) is 0 Å². The lowest BCUT2D eigenvalue weighted by Crippen LogP contribution is -2.35. The normalized spacial score (nSPS) is 31.5. The molecule has 1 aliphatic heterocycles. The number of thiazole rings is 1. The number of rotatable bonds is 2. The second-order valence-corrected chi connectivity index (χ2v) is 5.11. The molecule has 0 saturated carbocycles. The van der Waals surface area contributed by atoms with E-state index in [1.165, 1.54) is 11.3 Å². The van der Waals surface area contributed by atoms with Crippen molar-refractivity contribution >= 4 is 22.9 Å². The second-order valence-electron chi connectivity index (χ2n) is 3.90. The van der Waals surface area contributed by atoms with Crippen LogP contribution >= 0.6 is 22.9 Å². The first kappa shape index (κ1) is 11.2. The summed E-state index contributed by atoms with van der Waals surface area (Å²) in [5.41, 5.74) is 0. The Morgan fingerprint density at radius 3 is 2.67 bits per heavy atom. The summed E-state index contributed by atoms with van der Waals surface area (Å²) >= 11 is 7.17. The van der Waals surface area contributed by atoms with Crippen molar-refractivity contribution in [1.29, 1.82) is 0 Å². The average Bonchev–Trinajstić information content (AvgIpc) is 2.49. The van der Waals surface area contributed by atoms with Crippen LogP contribution in [0, 0.1) is 0 Å². The number of halogens is 1. The van der Waals surface area contributed by atoms with E-state index in [9.17, 15) is 0 Å². The topological polar surface area (TPSA) is 31.4 Å². The lowest BCUT2D eigenvalue weighted by Gasteiger charge is -2.31. The summed E-state index contributed by atoms with van der Waals surface area (Å²) in [4.78, 5) is 4.08. The molecular weight excluding hydrogens is 234 g/mol. The summed E-state index contributed by atoms with van der Waals surface area (Å²) in [5, 5.41) is 2.94. The third-order valence-electron chi connectivity index (χ3n) is 2.38. The monoisotopic (exact) mass is 247 g/mol. The van der Waals surface area contributed by atoms with Gasteiger partial charge in [-0.2, -0.15) is 4.98 Å². The first-order valence-corrected chi connectivity index (χ1v) is 6.32. The highest BCUT2D eigenvalue weighted by molar-refractivity contribution is 7.11. The van der Waals surface area contributed by atoms with E-state index in [-0.39, 0.29) is 18.3 Å². The molecule has 1 aromatic rings. The van der Waals surface area contributed by atoms with E-state index in [4.69, 9.17) is 21.1 Å². The van der Waals surface area contributed by atoms with E-state index in [2.05, 4.69) is 18.8 Å². The van der Waals surface area contributed by atoms with Gasteiger partial charge in [-0.3, -0.25) is 0 Å². The zero-order valence-corrected chi connectivity index (χ0v) is 10.3. The van der Waals surface area contributed by atoms with Crippen LogP contribution in [0.1, 0.15) is 26.7 Å². The van der Waals surface area contributed by atoms with Gasteiger partial charge in [0.1, 0.15) is 11.3 Å². The molecule has 0 aromatic carbocycles.